The minimum absolute atomic E-state index is 0.205. The van der Waals surface area contributed by atoms with Gasteiger partial charge in [-0.3, -0.25) is 4.79 Å². The van der Waals surface area contributed by atoms with Crippen molar-refractivity contribution in [1.82, 2.24) is 0 Å². The van der Waals surface area contributed by atoms with Crippen molar-refractivity contribution in [3.8, 4) is 0 Å². The molecule has 0 aliphatic rings. The molecule has 0 aromatic carbocycles. The quantitative estimate of drug-likeness (QED) is 0.581. The van der Waals surface area contributed by atoms with Gasteiger partial charge >= 0.3 is 0 Å². The first-order valence-corrected chi connectivity index (χ1v) is 5.33. The van der Waals surface area contributed by atoms with Gasteiger partial charge in [0.1, 0.15) is 12.9 Å². The molecule has 3 nitrogen and oxygen atoms in total. The fourth-order valence-corrected chi connectivity index (χ4v) is 1.31. The molecule has 0 saturated carbocycles. The largest absolute Gasteiger partial charge is 0.322 e. The van der Waals surface area contributed by atoms with Gasteiger partial charge in [-0.25, -0.2) is 0 Å². The maximum Gasteiger partial charge on any atom is 0.153 e. The molecular weight excluding hydrogens is 137 g/mol. The first-order chi connectivity index (χ1) is 3.85. The number of nitrogens with two attached hydrogens (primary N) is 1. The molecule has 0 aromatic heterocycles. The van der Waals surface area contributed by atoms with Crippen molar-refractivity contribution in [3.05, 3.63) is 0 Å². The molecule has 1 unspecified atom stereocenters. The predicted octanol–water partition coefficient (Wildman–Crippen LogP) is 0.483. The van der Waals surface area contributed by atoms with E-state index in [1.165, 1.54) is 20.3 Å². The Balaban J connectivity index is 4.23. The summed E-state index contributed by atoms with van der Waals surface area (Å²) >= 11 is 0. The van der Waals surface area contributed by atoms with Crippen LogP contribution < -0.4 is 5.73 Å². The summed E-state index contributed by atoms with van der Waals surface area (Å²) in [5.41, 5.74) is 5.28. The van der Waals surface area contributed by atoms with E-state index < -0.39 is 12.9 Å². The summed E-state index contributed by atoms with van der Waals surface area (Å²) in [4.78, 5) is 10.5. The summed E-state index contributed by atoms with van der Waals surface area (Å²) < 4.78 is 11.0. The van der Waals surface area contributed by atoms with E-state index in [2.05, 4.69) is 0 Å². The van der Waals surface area contributed by atoms with Crippen LogP contribution in [-0.2, 0) is 9.36 Å². The highest BCUT2D eigenvalue weighted by molar-refractivity contribution is 7.64. The second kappa shape index (κ2) is 2.63. The molecule has 4 heteroatoms. The Morgan fingerprint density at radius 3 is 1.89 bits per heavy atom. The summed E-state index contributed by atoms with van der Waals surface area (Å²) in [5.74, 6) is -0.971. The standard InChI is InChI=1S/C5H12NO2P/c1-4(7)5(6)9(2,3)8/h5H,6H2,1-3H3. The number of rotatable bonds is 2. The molecule has 0 aromatic rings. The van der Waals surface area contributed by atoms with Gasteiger partial charge in [-0.15, -0.1) is 0 Å². The highest BCUT2D eigenvalue weighted by Gasteiger charge is 2.22. The van der Waals surface area contributed by atoms with Crippen LogP contribution in [-0.4, -0.2) is 24.9 Å². The first kappa shape index (κ1) is 8.86. The van der Waals surface area contributed by atoms with Gasteiger partial charge < -0.3 is 10.3 Å². The molecule has 9 heavy (non-hydrogen) atoms. The predicted molar refractivity (Wildman–Crippen MR) is 38.1 cm³/mol. The van der Waals surface area contributed by atoms with E-state index in [4.69, 9.17) is 5.73 Å². The van der Waals surface area contributed by atoms with Crippen LogP contribution in [0.2, 0.25) is 0 Å². The third-order valence-corrected chi connectivity index (χ3v) is 2.79. The zero-order chi connectivity index (χ0) is 7.65. The highest BCUT2D eigenvalue weighted by atomic mass is 31.2. The van der Waals surface area contributed by atoms with Crippen LogP contribution >= 0.6 is 7.14 Å². The van der Waals surface area contributed by atoms with Crippen LogP contribution in [0, 0.1) is 0 Å². The first-order valence-electron chi connectivity index (χ1n) is 2.66. The number of hydrogen-bond acceptors (Lipinski definition) is 3. The Bertz CT molecular complexity index is 160. The fourth-order valence-electron chi connectivity index (χ4n) is 0.438. The summed E-state index contributed by atoms with van der Waals surface area (Å²) in [6, 6.07) is 0. The smallest absolute Gasteiger partial charge is 0.153 e. The van der Waals surface area contributed by atoms with Crippen LogP contribution in [0.3, 0.4) is 0 Å². The van der Waals surface area contributed by atoms with Gasteiger partial charge in [-0.05, 0) is 20.3 Å². The lowest BCUT2D eigenvalue weighted by molar-refractivity contribution is -0.116. The molecule has 54 valence electrons. The van der Waals surface area contributed by atoms with Crippen LogP contribution in [0.1, 0.15) is 6.92 Å². The summed E-state index contributed by atoms with van der Waals surface area (Å²) in [6.07, 6.45) is 0. The van der Waals surface area contributed by atoms with E-state index in [1.807, 2.05) is 0 Å². The Labute approximate surface area is 55.0 Å². The van der Waals surface area contributed by atoms with Gasteiger partial charge in [0, 0.05) is 0 Å². The average molecular weight is 149 g/mol. The SMILES string of the molecule is CC(=O)C(N)P(C)(C)=O. The van der Waals surface area contributed by atoms with Crippen LogP contribution in [0.15, 0.2) is 0 Å². The van der Waals surface area contributed by atoms with Crippen molar-refractivity contribution >= 4 is 12.9 Å². The van der Waals surface area contributed by atoms with Crippen molar-refractivity contribution in [1.29, 1.82) is 0 Å². The maximum absolute atomic E-state index is 11.0. The molecule has 0 radical (unpaired) electrons. The van der Waals surface area contributed by atoms with E-state index in [9.17, 15) is 9.36 Å². The molecule has 1 atom stereocenters. The van der Waals surface area contributed by atoms with Crippen molar-refractivity contribution < 1.29 is 9.36 Å². The van der Waals surface area contributed by atoms with Gasteiger partial charge in [-0.2, -0.15) is 0 Å². The molecule has 0 aliphatic carbocycles. The molecule has 2 N–H and O–H groups in total. The zero-order valence-corrected chi connectivity index (χ0v) is 6.81. The molecule has 0 rings (SSSR count). The Kier molecular flexibility index (Phi) is 2.59. The normalized spacial score (nSPS) is 15.1. The molecule has 0 amide bonds. The molecular formula is C5H12NO2P. The van der Waals surface area contributed by atoms with Crippen molar-refractivity contribution in [2.75, 3.05) is 13.3 Å². The summed E-state index contributed by atoms with van der Waals surface area (Å²) in [7, 11) is -2.38. The molecule has 0 bridgehead atoms. The van der Waals surface area contributed by atoms with Gasteiger partial charge in [-0.1, -0.05) is 0 Å². The van der Waals surface area contributed by atoms with Gasteiger partial charge in [0.2, 0.25) is 0 Å². The molecule has 0 heterocycles. The van der Waals surface area contributed by atoms with Crippen molar-refractivity contribution in [3.63, 3.8) is 0 Å². The van der Waals surface area contributed by atoms with Gasteiger partial charge in [0.05, 0.1) is 0 Å². The van der Waals surface area contributed by atoms with Crippen LogP contribution in [0.4, 0.5) is 0 Å². The maximum atomic E-state index is 11.0. The van der Waals surface area contributed by atoms with E-state index in [1.54, 1.807) is 0 Å². The molecule has 0 aliphatic heterocycles. The lowest BCUT2D eigenvalue weighted by Gasteiger charge is -2.11. The third-order valence-electron chi connectivity index (χ3n) is 1.09. The van der Waals surface area contributed by atoms with Gasteiger partial charge in [0.15, 0.2) is 5.78 Å². The number of ketones is 1. The van der Waals surface area contributed by atoms with E-state index in [0.29, 0.717) is 0 Å². The second-order valence-corrected chi connectivity index (χ2v) is 5.91. The van der Waals surface area contributed by atoms with Gasteiger partial charge in [0.25, 0.3) is 0 Å². The van der Waals surface area contributed by atoms with E-state index in [-0.39, 0.29) is 5.78 Å². The second-order valence-electron chi connectivity index (χ2n) is 2.49. The lowest BCUT2D eigenvalue weighted by atomic mass is 10.5. The molecule has 0 saturated heterocycles. The van der Waals surface area contributed by atoms with E-state index in [0.717, 1.165) is 0 Å². The Hall–Kier alpha value is -0.140. The zero-order valence-electron chi connectivity index (χ0n) is 5.92. The van der Waals surface area contributed by atoms with E-state index >= 15 is 0 Å². The van der Waals surface area contributed by atoms with Crippen LogP contribution in [0.5, 0.6) is 0 Å². The number of hydrogen-bond donors (Lipinski definition) is 1. The van der Waals surface area contributed by atoms with Crippen molar-refractivity contribution in [2.45, 2.75) is 12.7 Å². The minimum atomic E-state index is -2.38. The minimum Gasteiger partial charge on any atom is -0.322 e. The monoisotopic (exact) mass is 149 g/mol. The summed E-state index contributed by atoms with van der Waals surface area (Å²) in [5, 5.41) is 0. The Morgan fingerprint density at radius 1 is 1.56 bits per heavy atom. The number of carbonyl (C=O) groups excluding carboxylic acids is 1. The van der Waals surface area contributed by atoms with Crippen molar-refractivity contribution in [2.24, 2.45) is 5.73 Å². The fraction of sp³-hybridized carbons (Fsp3) is 0.800. The van der Waals surface area contributed by atoms with Crippen LogP contribution in [0.25, 0.3) is 0 Å². The average Bonchev–Trinajstić information content (AvgIpc) is 1.62. The highest BCUT2D eigenvalue weighted by Crippen LogP contribution is 2.39. The topological polar surface area (TPSA) is 60.2 Å². The number of Topliss-reactive ketones (excluding diaryl/α,β-unsaturated/α-hetero) is 1. The summed E-state index contributed by atoms with van der Waals surface area (Å²) in [6.45, 7) is 4.38. The molecule has 0 fully saturated rings. The molecule has 0 spiro atoms. The lowest BCUT2D eigenvalue weighted by Crippen LogP contribution is -2.27. The third kappa shape index (κ3) is 2.78. The Morgan fingerprint density at radius 2 is 1.89 bits per heavy atom. The number of carbonyl (C=O) groups is 1.